The molecule has 2 rings (SSSR count). The van der Waals surface area contributed by atoms with Crippen molar-refractivity contribution in [3.63, 3.8) is 0 Å². The number of hydrogen-bond acceptors (Lipinski definition) is 4. The first kappa shape index (κ1) is 11.9. The minimum Gasteiger partial charge on any atom is -0.495 e. The number of rotatable bonds is 3. The van der Waals surface area contributed by atoms with Gasteiger partial charge in [-0.1, -0.05) is 0 Å². The van der Waals surface area contributed by atoms with Crippen LogP contribution in [-0.2, 0) is 0 Å². The summed E-state index contributed by atoms with van der Waals surface area (Å²) in [7, 11) is 1.53. The molecular weight excluding hydrogens is 230 g/mol. The Kier molecular flexibility index (Phi) is 3.43. The Morgan fingerprint density at radius 1 is 1.39 bits per heavy atom. The van der Waals surface area contributed by atoms with Gasteiger partial charge < -0.3 is 15.8 Å². The van der Waals surface area contributed by atoms with Gasteiger partial charge in [0.25, 0.3) is 5.91 Å². The Labute approximate surface area is 105 Å². The lowest BCUT2D eigenvalue weighted by Crippen LogP contribution is -2.13. The van der Waals surface area contributed by atoms with Crippen LogP contribution in [0.5, 0.6) is 5.75 Å². The van der Waals surface area contributed by atoms with Gasteiger partial charge in [0.05, 0.1) is 18.4 Å². The molecule has 0 saturated heterocycles. The number of carbonyl (C=O) groups is 1. The van der Waals surface area contributed by atoms with Crippen molar-refractivity contribution in [3.05, 3.63) is 48.3 Å². The number of benzene rings is 1. The van der Waals surface area contributed by atoms with Crippen LogP contribution >= 0.6 is 0 Å². The van der Waals surface area contributed by atoms with E-state index in [1.807, 2.05) is 0 Å². The van der Waals surface area contributed by atoms with Gasteiger partial charge in [0.2, 0.25) is 0 Å². The van der Waals surface area contributed by atoms with Gasteiger partial charge in [-0.15, -0.1) is 0 Å². The number of nitrogen functional groups attached to an aromatic ring is 1. The largest absolute Gasteiger partial charge is 0.495 e. The molecule has 1 aromatic carbocycles. The lowest BCUT2D eigenvalue weighted by molar-refractivity contribution is 0.102. The number of methoxy groups -OCH3 is 1. The minimum atomic E-state index is -0.257. The SMILES string of the molecule is COc1ccc(N)cc1NC(=O)c1cccnc1. The molecule has 18 heavy (non-hydrogen) atoms. The number of ether oxygens (including phenoxy) is 1. The van der Waals surface area contributed by atoms with E-state index in [9.17, 15) is 4.79 Å². The van der Waals surface area contributed by atoms with E-state index in [-0.39, 0.29) is 5.91 Å². The summed E-state index contributed by atoms with van der Waals surface area (Å²) in [5.41, 5.74) is 7.24. The van der Waals surface area contributed by atoms with Crippen molar-refractivity contribution in [1.29, 1.82) is 0 Å². The van der Waals surface area contributed by atoms with Crippen molar-refractivity contribution in [3.8, 4) is 5.75 Å². The zero-order chi connectivity index (χ0) is 13.0. The number of nitrogens with one attached hydrogen (secondary N) is 1. The summed E-state index contributed by atoms with van der Waals surface area (Å²) in [4.78, 5) is 15.8. The Balaban J connectivity index is 2.24. The minimum absolute atomic E-state index is 0.257. The zero-order valence-corrected chi connectivity index (χ0v) is 9.88. The molecule has 0 aliphatic heterocycles. The Bertz CT molecular complexity index is 555. The third kappa shape index (κ3) is 2.57. The molecule has 0 bridgehead atoms. The second-order valence-electron chi connectivity index (χ2n) is 3.66. The van der Waals surface area contributed by atoms with Crippen LogP contribution in [0.4, 0.5) is 11.4 Å². The van der Waals surface area contributed by atoms with Crippen LogP contribution in [0.25, 0.3) is 0 Å². The predicted octanol–water partition coefficient (Wildman–Crippen LogP) is 1.92. The monoisotopic (exact) mass is 243 g/mol. The molecule has 5 heteroatoms. The molecule has 1 amide bonds. The second-order valence-corrected chi connectivity index (χ2v) is 3.66. The number of pyridine rings is 1. The van der Waals surface area contributed by atoms with Gasteiger partial charge >= 0.3 is 0 Å². The summed E-state index contributed by atoms with van der Waals surface area (Å²) < 4.78 is 5.15. The topological polar surface area (TPSA) is 77.2 Å². The van der Waals surface area contributed by atoms with Crippen LogP contribution in [0.3, 0.4) is 0 Å². The van der Waals surface area contributed by atoms with E-state index in [2.05, 4.69) is 10.3 Å². The van der Waals surface area contributed by atoms with Crippen molar-refractivity contribution >= 4 is 17.3 Å². The number of amides is 1. The molecule has 0 aliphatic rings. The summed E-state index contributed by atoms with van der Waals surface area (Å²) in [5.74, 6) is 0.299. The van der Waals surface area contributed by atoms with E-state index in [0.717, 1.165) is 0 Å². The van der Waals surface area contributed by atoms with Gasteiger partial charge in [-0.05, 0) is 30.3 Å². The van der Waals surface area contributed by atoms with Crippen LogP contribution < -0.4 is 15.8 Å². The summed E-state index contributed by atoms with van der Waals surface area (Å²) in [6, 6.07) is 8.44. The summed E-state index contributed by atoms with van der Waals surface area (Å²) in [5, 5.41) is 2.73. The first-order chi connectivity index (χ1) is 8.70. The molecule has 2 aromatic rings. The smallest absolute Gasteiger partial charge is 0.257 e. The molecule has 0 atom stereocenters. The fourth-order valence-corrected chi connectivity index (χ4v) is 1.51. The molecule has 3 N–H and O–H groups in total. The average Bonchev–Trinajstić information content (AvgIpc) is 2.40. The molecule has 0 spiro atoms. The van der Waals surface area contributed by atoms with E-state index in [0.29, 0.717) is 22.7 Å². The van der Waals surface area contributed by atoms with Gasteiger partial charge in [0.15, 0.2) is 0 Å². The van der Waals surface area contributed by atoms with Gasteiger partial charge in [0, 0.05) is 18.1 Å². The molecule has 0 unspecified atom stereocenters. The normalized spacial score (nSPS) is 9.83. The average molecular weight is 243 g/mol. The highest BCUT2D eigenvalue weighted by molar-refractivity contribution is 6.05. The molecule has 0 fully saturated rings. The number of nitrogens with zero attached hydrogens (tertiary/aromatic N) is 1. The Morgan fingerprint density at radius 3 is 2.89 bits per heavy atom. The molecule has 92 valence electrons. The molecule has 1 heterocycles. The number of carbonyl (C=O) groups excluding carboxylic acids is 1. The molecular formula is C13H13N3O2. The molecule has 0 aliphatic carbocycles. The van der Waals surface area contributed by atoms with Crippen molar-refractivity contribution in [2.24, 2.45) is 0 Å². The third-order valence-electron chi connectivity index (χ3n) is 2.40. The van der Waals surface area contributed by atoms with Gasteiger partial charge in [-0.2, -0.15) is 0 Å². The van der Waals surface area contributed by atoms with Crippen molar-refractivity contribution in [1.82, 2.24) is 4.98 Å². The highest BCUT2D eigenvalue weighted by Crippen LogP contribution is 2.26. The van der Waals surface area contributed by atoms with Gasteiger partial charge in [-0.3, -0.25) is 9.78 Å². The highest BCUT2D eigenvalue weighted by atomic mass is 16.5. The highest BCUT2D eigenvalue weighted by Gasteiger charge is 2.09. The maximum atomic E-state index is 11.9. The standard InChI is InChI=1S/C13H13N3O2/c1-18-12-5-4-10(14)7-11(12)16-13(17)9-3-2-6-15-8-9/h2-8H,14H2,1H3,(H,16,17). The second kappa shape index (κ2) is 5.18. The third-order valence-corrected chi connectivity index (χ3v) is 2.40. The van der Waals surface area contributed by atoms with Crippen LogP contribution in [0.15, 0.2) is 42.7 Å². The number of aromatic nitrogens is 1. The maximum Gasteiger partial charge on any atom is 0.257 e. The number of hydrogen-bond donors (Lipinski definition) is 2. The van der Waals surface area contributed by atoms with E-state index in [4.69, 9.17) is 10.5 Å². The zero-order valence-electron chi connectivity index (χ0n) is 9.88. The number of anilines is 2. The van der Waals surface area contributed by atoms with Gasteiger partial charge in [0.1, 0.15) is 5.75 Å². The van der Waals surface area contributed by atoms with Gasteiger partial charge in [-0.25, -0.2) is 0 Å². The lowest BCUT2D eigenvalue weighted by Gasteiger charge is -2.10. The Hall–Kier alpha value is -2.56. The quantitative estimate of drug-likeness (QED) is 0.807. The summed E-state index contributed by atoms with van der Waals surface area (Å²) in [6.45, 7) is 0. The van der Waals surface area contributed by atoms with Crippen LogP contribution in [-0.4, -0.2) is 18.0 Å². The molecule has 0 saturated carbocycles. The molecule has 1 aromatic heterocycles. The van der Waals surface area contributed by atoms with Crippen molar-refractivity contribution in [2.45, 2.75) is 0 Å². The fourth-order valence-electron chi connectivity index (χ4n) is 1.51. The van der Waals surface area contributed by atoms with E-state index < -0.39 is 0 Å². The van der Waals surface area contributed by atoms with Crippen molar-refractivity contribution in [2.75, 3.05) is 18.2 Å². The predicted molar refractivity (Wildman–Crippen MR) is 69.6 cm³/mol. The van der Waals surface area contributed by atoms with Crippen molar-refractivity contribution < 1.29 is 9.53 Å². The first-order valence-electron chi connectivity index (χ1n) is 5.35. The van der Waals surface area contributed by atoms with E-state index in [1.54, 1.807) is 36.5 Å². The Morgan fingerprint density at radius 2 is 2.22 bits per heavy atom. The summed E-state index contributed by atoms with van der Waals surface area (Å²) in [6.07, 6.45) is 3.10. The summed E-state index contributed by atoms with van der Waals surface area (Å²) >= 11 is 0. The van der Waals surface area contributed by atoms with Crippen LogP contribution in [0, 0.1) is 0 Å². The lowest BCUT2D eigenvalue weighted by atomic mass is 10.2. The first-order valence-corrected chi connectivity index (χ1v) is 5.35. The fraction of sp³-hybridized carbons (Fsp3) is 0.0769. The van der Waals surface area contributed by atoms with Crippen LogP contribution in [0.2, 0.25) is 0 Å². The van der Waals surface area contributed by atoms with E-state index >= 15 is 0 Å². The van der Waals surface area contributed by atoms with Crippen LogP contribution in [0.1, 0.15) is 10.4 Å². The molecule has 0 radical (unpaired) electrons. The molecule has 5 nitrogen and oxygen atoms in total. The maximum absolute atomic E-state index is 11.9. The number of nitrogens with two attached hydrogens (primary N) is 1. The van der Waals surface area contributed by atoms with E-state index in [1.165, 1.54) is 13.3 Å².